The Bertz CT molecular complexity index is 409. The Morgan fingerprint density at radius 3 is 2.71 bits per heavy atom. The van der Waals surface area contributed by atoms with Gasteiger partial charge in [0.2, 0.25) is 0 Å². The standard InChI is InChI=1S/C12H16BrClN2O/c1-7(2)11(15)6-16-12(17)8-3-4-9(13)10(14)5-8/h3-5,7,11H,6,15H2,1-2H3,(H,16,17). The Kier molecular flexibility index (Phi) is 5.43. The van der Waals surface area contributed by atoms with Crippen molar-refractivity contribution in [3.05, 3.63) is 33.3 Å². The van der Waals surface area contributed by atoms with E-state index in [0.717, 1.165) is 4.47 Å². The third kappa shape index (κ3) is 4.30. The van der Waals surface area contributed by atoms with Gasteiger partial charge in [-0.1, -0.05) is 25.4 Å². The van der Waals surface area contributed by atoms with E-state index in [1.54, 1.807) is 18.2 Å². The van der Waals surface area contributed by atoms with Crippen LogP contribution in [0.25, 0.3) is 0 Å². The van der Waals surface area contributed by atoms with E-state index in [4.69, 9.17) is 17.3 Å². The second-order valence-corrected chi connectivity index (χ2v) is 5.51. The van der Waals surface area contributed by atoms with Gasteiger partial charge < -0.3 is 11.1 Å². The van der Waals surface area contributed by atoms with Gasteiger partial charge in [0.1, 0.15) is 0 Å². The molecule has 0 radical (unpaired) electrons. The summed E-state index contributed by atoms with van der Waals surface area (Å²) >= 11 is 9.20. The summed E-state index contributed by atoms with van der Waals surface area (Å²) in [6, 6.07) is 5.05. The number of benzene rings is 1. The average molecular weight is 320 g/mol. The molecule has 0 bridgehead atoms. The van der Waals surface area contributed by atoms with Crippen LogP contribution in [0.2, 0.25) is 5.02 Å². The van der Waals surface area contributed by atoms with E-state index in [0.29, 0.717) is 23.0 Å². The summed E-state index contributed by atoms with van der Waals surface area (Å²) in [6.45, 7) is 4.50. The van der Waals surface area contributed by atoms with Crippen LogP contribution in [-0.4, -0.2) is 18.5 Å². The number of nitrogens with one attached hydrogen (secondary N) is 1. The molecule has 0 heterocycles. The van der Waals surface area contributed by atoms with E-state index >= 15 is 0 Å². The minimum Gasteiger partial charge on any atom is -0.350 e. The molecule has 5 heteroatoms. The fourth-order valence-corrected chi connectivity index (χ4v) is 1.61. The zero-order valence-electron chi connectivity index (χ0n) is 9.84. The summed E-state index contributed by atoms with van der Waals surface area (Å²) in [7, 11) is 0. The van der Waals surface area contributed by atoms with Crippen molar-refractivity contribution in [1.82, 2.24) is 5.32 Å². The molecule has 1 rings (SSSR count). The number of carbonyl (C=O) groups is 1. The molecular formula is C12H16BrClN2O. The third-order valence-corrected chi connectivity index (χ3v) is 3.77. The van der Waals surface area contributed by atoms with Crippen LogP contribution in [0.4, 0.5) is 0 Å². The highest BCUT2D eigenvalue weighted by Gasteiger charge is 2.11. The highest BCUT2D eigenvalue weighted by Crippen LogP contribution is 2.23. The summed E-state index contributed by atoms with van der Waals surface area (Å²) in [6.07, 6.45) is 0. The molecule has 1 unspecified atom stereocenters. The smallest absolute Gasteiger partial charge is 0.251 e. The number of rotatable bonds is 4. The van der Waals surface area contributed by atoms with E-state index in [2.05, 4.69) is 21.2 Å². The molecule has 0 saturated heterocycles. The molecule has 1 aromatic carbocycles. The molecule has 17 heavy (non-hydrogen) atoms. The van der Waals surface area contributed by atoms with E-state index < -0.39 is 0 Å². The van der Waals surface area contributed by atoms with Crippen molar-refractivity contribution in [1.29, 1.82) is 0 Å². The molecule has 0 fully saturated rings. The van der Waals surface area contributed by atoms with Gasteiger partial charge >= 0.3 is 0 Å². The molecule has 0 saturated carbocycles. The van der Waals surface area contributed by atoms with Gasteiger partial charge in [0.05, 0.1) is 5.02 Å². The van der Waals surface area contributed by atoms with Crippen molar-refractivity contribution < 1.29 is 4.79 Å². The van der Waals surface area contributed by atoms with Crippen LogP contribution in [-0.2, 0) is 0 Å². The highest BCUT2D eigenvalue weighted by molar-refractivity contribution is 9.10. The SMILES string of the molecule is CC(C)C(N)CNC(=O)c1ccc(Br)c(Cl)c1. The molecule has 0 aromatic heterocycles. The van der Waals surface area contributed by atoms with Crippen molar-refractivity contribution in [2.75, 3.05) is 6.54 Å². The molecule has 94 valence electrons. The zero-order valence-corrected chi connectivity index (χ0v) is 12.2. The minimum absolute atomic E-state index is 0.0372. The van der Waals surface area contributed by atoms with Crippen molar-refractivity contribution in [3.63, 3.8) is 0 Å². The summed E-state index contributed by atoms with van der Waals surface area (Å²) in [4.78, 5) is 11.8. The Morgan fingerprint density at radius 1 is 1.53 bits per heavy atom. The lowest BCUT2D eigenvalue weighted by atomic mass is 10.1. The van der Waals surface area contributed by atoms with E-state index in [1.807, 2.05) is 13.8 Å². The Labute approximate surface area is 115 Å². The summed E-state index contributed by atoms with van der Waals surface area (Å²) in [5.41, 5.74) is 6.38. The molecule has 3 nitrogen and oxygen atoms in total. The average Bonchev–Trinajstić information content (AvgIpc) is 2.28. The van der Waals surface area contributed by atoms with Gasteiger partial charge in [-0.3, -0.25) is 4.79 Å². The second kappa shape index (κ2) is 6.38. The second-order valence-electron chi connectivity index (χ2n) is 4.25. The molecule has 0 aliphatic rings. The Hall–Kier alpha value is -0.580. The maximum Gasteiger partial charge on any atom is 0.251 e. The highest BCUT2D eigenvalue weighted by atomic mass is 79.9. The van der Waals surface area contributed by atoms with Gasteiger partial charge in [0.25, 0.3) is 5.91 Å². The minimum atomic E-state index is -0.157. The van der Waals surface area contributed by atoms with Gasteiger partial charge in [-0.2, -0.15) is 0 Å². The lowest BCUT2D eigenvalue weighted by molar-refractivity contribution is 0.0949. The molecule has 1 aromatic rings. The maximum absolute atomic E-state index is 11.8. The first kappa shape index (κ1) is 14.5. The maximum atomic E-state index is 11.8. The predicted molar refractivity (Wildman–Crippen MR) is 74.3 cm³/mol. The van der Waals surface area contributed by atoms with E-state index in [-0.39, 0.29) is 11.9 Å². The van der Waals surface area contributed by atoms with Crippen molar-refractivity contribution in [2.24, 2.45) is 11.7 Å². The van der Waals surface area contributed by atoms with Gasteiger partial charge in [-0.25, -0.2) is 0 Å². The first-order valence-corrected chi connectivity index (χ1v) is 6.57. The van der Waals surface area contributed by atoms with E-state index in [1.165, 1.54) is 0 Å². The Morgan fingerprint density at radius 2 is 2.18 bits per heavy atom. The molecule has 0 aliphatic heterocycles. The number of carbonyl (C=O) groups excluding carboxylic acids is 1. The van der Waals surface area contributed by atoms with Crippen LogP contribution in [0.3, 0.4) is 0 Å². The predicted octanol–water partition coefficient (Wildman–Crippen LogP) is 2.82. The van der Waals surface area contributed by atoms with Crippen molar-refractivity contribution >= 4 is 33.4 Å². The number of amides is 1. The summed E-state index contributed by atoms with van der Waals surface area (Å²) in [5.74, 6) is 0.180. The molecule has 1 atom stereocenters. The van der Waals surface area contributed by atoms with Crippen molar-refractivity contribution in [2.45, 2.75) is 19.9 Å². The van der Waals surface area contributed by atoms with Gasteiger partial charge in [0, 0.05) is 22.6 Å². The fraction of sp³-hybridized carbons (Fsp3) is 0.417. The lowest BCUT2D eigenvalue weighted by Crippen LogP contribution is -2.40. The van der Waals surface area contributed by atoms with Crippen LogP contribution in [0.15, 0.2) is 22.7 Å². The zero-order chi connectivity index (χ0) is 13.0. The number of nitrogens with two attached hydrogens (primary N) is 1. The van der Waals surface area contributed by atoms with Crippen LogP contribution in [0, 0.1) is 5.92 Å². The normalized spacial score (nSPS) is 12.6. The van der Waals surface area contributed by atoms with Crippen molar-refractivity contribution in [3.8, 4) is 0 Å². The van der Waals surface area contributed by atoms with Gasteiger partial charge in [-0.15, -0.1) is 0 Å². The number of hydrogen-bond donors (Lipinski definition) is 2. The summed E-state index contributed by atoms with van der Waals surface area (Å²) < 4.78 is 0.773. The molecule has 0 spiro atoms. The topological polar surface area (TPSA) is 55.1 Å². The van der Waals surface area contributed by atoms with E-state index in [9.17, 15) is 4.79 Å². The molecular weight excluding hydrogens is 304 g/mol. The first-order valence-electron chi connectivity index (χ1n) is 5.40. The number of halogens is 2. The molecule has 0 aliphatic carbocycles. The van der Waals surface area contributed by atoms with Crippen LogP contribution >= 0.6 is 27.5 Å². The Balaban J connectivity index is 2.61. The fourth-order valence-electron chi connectivity index (χ4n) is 1.19. The van der Waals surface area contributed by atoms with Gasteiger partial charge in [-0.05, 0) is 40.0 Å². The van der Waals surface area contributed by atoms with Crippen LogP contribution in [0.1, 0.15) is 24.2 Å². The first-order chi connectivity index (χ1) is 7.91. The van der Waals surface area contributed by atoms with Crippen LogP contribution < -0.4 is 11.1 Å². The lowest BCUT2D eigenvalue weighted by Gasteiger charge is -2.16. The largest absolute Gasteiger partial charge is 0.350 e. The monoisotopic (exact) mass is 318 g/mol. The molecule has 3 N–H and O–H groups in total. The quantitative estimate of drug-likeness (QED) is 0.896. The molecule has 1 amide bonds. The third-order valence-electron chi connectivity index (χ3n) is 2.54. The summed E-state index contributed by atoms with van der Waals surface area (Å²) in [5, 5.41) is 3.31. The van der Waals surface area contributed by atoms with Gasteiger partial charge in [0.15, 0.2) is 0 Å². The number of hydrogen-bond acceptors (Lipinski definition) is 2. The van der Waals surface area contributed by atoms with Crippen LogP contribution in [0.5, 0.6) is 0 Å².